The van der Waals surface area contributed by atoms with E-state index in [2.05, 4.69) is 45.4 Å². The molecule has 4 fully saturated rings. The lowest BCUT2D eigenvalue weighted by atomic mass is 9.67. The molecular weight excluding hydrogens is 338 g/mol. The molecule has 140 valence electrons. The minimum absolute atomic E-state index is 0.541. The van der Waals surface area contributed by atoms with Crippen LogP contribution >= 0.6 is 12.2 Å². The summed E-state index contributed by atoms with van der Waals surface area (Å²) in [5, 5.41) is 3.82. The van der Waals surface area contributed by atoms with Crippen molar-refractivity contribution in [3.8, 4) is 0 Å². The molecule has 0 spiro atoms. The summed E-state index contributed by atoms with van der Waals surface area (Å²) in [5.74, 6) is 1.69. The van der Waals surface area contributed by atoms with Crippen LogP contribution in [0.4, 0.5) is 0 Å². The molecule has 1 N–H and O–H groups in total. The summed E-state index contributed by atoms with van der Waals surface area (Å²) in [4.78, 5) is 6.73. The quantitative estimate of drug-likeness (QED) is 0.823. The zero-order valence-corrected chi connectivity index (χ0v) is 16.5. The van der Waals surface area contributed by atoms with Crippen LogP contribution in [0.15, 0.2) is 30.3 Å². The molecule has 0 amide bonds. The van der Waals surface area contributed by atoms with Gasteiger partial charge in [0.25, 0.3) is 0 Å². The molecule has 5 rings (SSSR count). The highest BCUT2D eigenvalue weighted by Crippen LogP contribution is 2.45. The molecule has 26 heavy (non-hydrogen) atoms. The van der Waals surface area contributed by atoms with Crippen molar-refractivity contribution in [2.45, 2.75) is 63.2 Å². The number of hydrogen-bond acceptors (Lipinski definition) is 3. The van der Waals surface area contributed by atoms with Crippen molar-refractivity contribution >= 4 is 17.2 Å². The Hall–Kier alpha value is -0.970. The molecule has 0 radical (unpaired) electrons. The van der Waals surface area contributed by atoms with E-state index in [4.69, 9.17) is 12.2 Å². The standard InChI is InChI=1S/C22H31N3S/c26-21-13-18(23-14-16-6-2-1-3-7-16)12-20-19-9-5-11-24-10-4-8-17(22(19)24)15-25(20)21/h1-3,6-7,17-20,22-23H,4-5,8-15H2/t17?,18?,19?,20-,22?/m1/s1. The average molecular weight is 370 g/mol. The van der Waals surface area contributed by atoms with Gasteiger partial charge in [0.2, 0.25) is 0 Å². The Morgan fingerprint density at radius 2 is 1.88 bits per heavy atom. The van der Waals surface area contributed by atoms with Crippen molar-refractivity contribution in [1.29, 1.82) is 0 Å². The third kappa shape index (κ3) is 3.10. The van der Waals surface area contributed by atoms with Crippen LogP contribution in [0.5, 0.6) is 0 Å². The third-order valence-corrected chi connectivity index (χ3v) is 7.78. The van der Waals surface area contributed by atoms with E-state index in [1.165, 1.54) is 62.3 Å². The highest BCUT2D eigenvalue weighted by atomic mass is 32.1. The summed E-state index contributed by atoms with van der Waals surface area (Å²) >= 11 is 5.93. The molecule has 0 saturated carbocycles. The van der Waals surface area contributed by atoms with Crippen LogP contribution < -0.4 is 5.32 Å². The summed E-state index contributed by atoms with van der Waals surface area (Å²) in [6, 6.07) is 12.8. The summed E-state index contributed by atoms with van der Waals surface area (Å²) in [6.07, 6.45) is 7.92. The van der Waals surface area contributed by atoms with Crippen LogP contribution in [0.2, 0.25) is 0 Å². The van der Waals surface area contributed by atoms with Crippen LogP contribution in [-0.4, -0.2) is 52.5 Å². The number of nitrogens with one attached hydrogen (secondary N) is 1. The number of piperidine rings is 4. The molecule has 4 aliphatic heterocycles. The lowest BCUT2D eigenvalue weighted by Gasteiger charge is -2.60. The first-order valence-corrected chi connectivity index (χ1v) is 11.0. The number of benzene rings is 1. The van der Waals surface area contributed by atoms with Crippen molar-refractivity contribution in [1.82, 2.24) is 15.1 Å². The number of hydrogen-bond donors (Lipinski definition) is 1. The molecule has 3 nitrogen and oxygen atoms in total. The van der Waals surface area contributed by atoms with Crippen LogP contribution in [0.25, 0.3) is 0 Å². The van der Waals surface area contributed by atoms with Crippen LogP contribution in [0.3, 0.4) is 0 Å². The predicted octanol–water partition coefficient (Wildman–Crippen LogP) is 3.44. The van der Waals surface area contributed by atoms with Gasteiger partial charge in [0.05, 0.1) is 4.99 Å². The van der Waals surface area contributed by atoms with Gasteiger partial charge in [0.15, 0.2) is 0 Å². The molecule has 1 aromatic rings. The normalized spacial score (nSPS) is 37.2. The molecule has 4 saturated heterocycles. The third-order valence-electron chi connectivity index (χ3n) is 7.38. The van der Waals surface area contributed by atoms with Crippen molar-refractivity contribution in [3.05, 3.63) is 35.9 Å². The second-order valence-corrected chi connectivity index (χ2v) is 9.32. The van der Waals surface area contributed by atoms with E-state index in [0.29, 0.717) is 12.1 Å². The van der Waals surface area contributed by atoms with E-state index in [1.54, 1.807) is 0 Å². The number of nitrogens with zero attached hydrogens (tertiary/aromatic N) is 2. The summed E-state index contributed by atoms with van der Waals surface area (Å²) < 4.78 is 0. The maximum atomic E-state index is 5.93. The molecule has 4 unspecified atom stereocenters. The minimum Gasteiger partial charge on any atom is -0.362 e. The van der Waals surface area contributed by atoms with Crippen LogP contribution in [0, 0.1) is 11.8 Å². The maximum Gasteiger partial charge on any atom is 0.0797 e. The molecule has 5 atom stereocenters. The Morgan fingerprint density at radius 3 is 2.73 bits per heavy atom. The van der Waals surface area contributed by atoms with Crippen LogP contribution in [-0.2, 0) is 6.54 Å². The molecule has 0 aliphatic carbocycles. The highest BCUT2D eigenvalue weighted by Gasteiger charge is 2.50. The van der Waals surface area contributed by atoms with Crippen molar-refractivity contribution in [2.75, 3.05) is 19.6 Å². The average Bonchev–Trinajstić information content (AvgIpc) is 2.68. The lowest BCUT2D eigenvalue weighted by Crippen LogP contribution is -2.67. The summed E-state index contributed by atoms with van der Waals surface area (Å²) in [7, 11) is 0. The van der Waals surface area contributed by atoms with Gasteiger partial charge in [-0.3, -0.25) is 4.90 Å². The summed E-state index contributed by atoms with van der Waals surface area (Å²) in [6.45, 7) is 4.87. The fourth-order valence-corrected chi connectivity index (χ4v) is 6.71. The number of rotatable bonds is 3. The molecular formula is C22H31N3S. The van der Waals surface area contributed by atoms with Gasteiger partial charge in [-0.1, -0.05) is 42.5 Å². The first kappa shape index (κ1) is 17.2. The van der Waals surface area contributed by atoms with E-state index < -0.39 is 0 Å². The first-order chi connectivity index (χ1) is 12.8. The monoisotopic (exact) mass is 369 g/mol. The molecule has 4 heteroatoms. The Labute approximate surface area is 163 Å². The van der Waals surface area contributed by atoms with Gasteiger partial charge in [-0.2, -0.15) is 0 Å². The van der Waals surface area contributed by atoms with Crippen molar-refractivity contribution in [3.63, 3.8) is 0 Å². The fourth-order valence-electron chi connectivity index (χ4n) is 6.30. The lowest BCUT2D eigenvalue weighted by molar-refractivity contribution is -0.0620. The molecule has 1 aromatic carbocycles. The molecule has 4 heterocycles. The Morgan fingerprint density at radius 1 is 1.08 bits per heavy atom. The molecule has 0 aromatic heterocycles. The fraction of sp³-hybridized carbons (Fsp3) is 0.682. The van der Waals surface area contributed by atoms with Gasteiger partial charge in [0.1, 0.15) is 0 Å². The second kappa shape index (κ2) is 7.21. The predicted molar refractivity (Wildman–Crippen MR) is 110 cm³/mol. The molecule has 4 aliphatic rings. The zero-order chi connectivity index (χ0) is 17.5. The smallest absolute Gasteiger partial charge is 0.0797 e. The van der Waals surface area contributed by atoms with Gasteiger partial charge >= 0.3 is 0 Å². The maximum absolute atomic E-state index is 5.93. The van der Waals surface area contributed by atoms with Gasteiger partial charge in [0, 0.05) is 37.6 Å². The van der Waals surface area contributed by atoms with Crippen LogP contribution in [0.1, 0.15) is 44.1 Å². The number of fused-ring (bicyclic) bond motifs is 2. The van der Waals surface area contributed by atoms with E-state index in [1.807, 2.05) is 0 Å². The van der Waals surface area contributed by atoms with Gasteiger partial charge in [-0.15, -0.1) is 0 Å². The SMILES string of the molecule is S=C1CC(NCc2ccccc2)C[C@@H]2C3CCCN4CCCC(CN12)C34. The molecule has 0 bridgehead atoms. The van der Waals surface area contributed by atoms with E-state index in [-0.39, 0.29) is 0 Å². The minimum atomic E-state index is 0.541. The van der Waals surface area contributed by atoms with Gasteiger partial charge < -0.3 is 10.2 Å². The van der Waals surface area contributed by atoms with Crippen molar-refractivity contribution in [2.24, 2.45) is 11.8 Å². The van der Waals surface area contributed by atoms with Crippen molar-refractivity contribution < 1.29 is 0 Å². The Bertz CT molecular complexity index is 646. The Kier molecular flexibility index (Phi) is 4.76. The van der Waals surface area contributed by atoms with E-state index in [0.717, 1.165) is 30.8 Å². The highest BCUT2D eigenvalue weighted by molar-refractivity contribution is 7.80. The summed E-state index contributed by atoms with van der Waals surface area (Å²) in [5.41, 5.74) is 1.38. The topological polar surface area (TPSA) is 18.5 Å². The van der Waals surface area contributed by atoms with Gasteiger partial charge in [-0.25, -0.2) is 0 Å². The zero-order valence-electron chi connectivity index (χ0n) is 15.6. The first-order valence-electron chi connectivity index (χ1n) is 10.6. The Balaban J connectivity index is 1.31. The largest absolute Gasteiger partial charge is 0.362 e. The number of thiocarbonyl (C=S) groups is 1. The second-order valence-electron chi connectivity index (χ2n) is 8.85. The van der Waals surface area contributed by atoms with E-state index >= 15 is 0 Å². The van der Waals surface area contributed by atoms with Gasteiger partial charge in [-0.05, 0) is 62.6 Å². The van der Waals surface area contributed by atoms with E-state index in [9.17, 15) is 0 Å².